The van der Waals surface area contributed by atoms with Gasteiger partial charge in [-0.15, -0.1) is 0 Å². The van der Waals surface area contributed by atoms with Crippen molar-refractivity contribution in [1.29, 1.82) is 0 Å². The second kappa shape index (κ2) is 4.94. The van der Waals surface area contributed by atoms with Crippen molar-refractivity contribution in [3.63, 3.8) is 0 Å². The molecule has 1 fully saturated rings. The van der Waals surface area contributed by atoms with Gasteiger partial charge in [0, 0.05) is 31.7 Å². The second-order valence-corrected chi connectivity index (χ2v) is 4.32. The summed E-state index contributed by atoms with van der Waals surface area (Å²) in [6.07, 6.45) is 1.13. The average molecular weight is 185 g/mol. The van der Waals surface area contributed by atoms with Gasteiger partial charge < -0.3 is 10.6 Å². The van der Waals surface area contributed by atoms with E-state index in [2.05, 4.69) is 30.7 Å². The zero-order valence-electron chi connectivity index (χ0n) is 9.16. The van der Waals surface area contributed by atoms with E-state index < -0.39 is 0 Å². The van der Waals surface area contributed by atoms with Crippen molar-refractivity contribution in [2.45, 2.75) is 32.4 Å². The molecule has 3 heteroatoms. The van der Waals surface area contributed by atoms with Gasteiger partial charge in [-0.05, 0) is 33.9 Å². The van der Waals surface area contributed by atoms with Gasteiger partial charge >= 0.3 is 0 Å². The van der Waals surface area contributed by atoms with Crippen LogP contribution in [0.5, 0.6) is 0 Å². The van der Waals surface area contributed by atoms with Gasteiger partial charge in [0.25, 0.3) is 0 Å². The number of hydrogen-bond donors (Lipinski definition) is 1. The normalized spacial score (nSPS) is 27.0. The summed E-state index contributed by atoms with van der Waals surface area (Å²) in [4.78, 5) is 4.98. The fourth-order valence-electron chi connectivity index (χ4n) is 2.15. The number of piperazine rings is 1. The molecule has 0 aromatic heterocycles. The summed E-state index contributed by atoms with van der Waals surface area (Å²) in [5.41, 5.74) is 5.62. The monoisotopic (exact) mass is 185 g/mol. The van der Waals surface area contributed by atoms with Crippen molar-refractivity contribution in [1.82, 2.24) is 9.80 Å². The number of rotatable bonds is 3. The molecule has 1 aliphatic rings. The van der Waals surface area contributed by atoms with Gasteiger partial charge in [-0.3, -0.25) is 4.90 Å². The third kappa shape index (κ3) is 2.93. The molecule has 0 radical (unpaired) electrons. The zero-order valence-corrected chi connectivity index (χ0v) is 9.16. The molecule has 0 aliphatic carbocycles. The Bertz CT molecular complexity index is 147. The van der Waals surface area contributed by atoms with Gasteiger partial charge in [-0.2, -0.15) is 0 Å². The average Bonchev–Trinajstić information content (AvgIpc) is 2.04. The van der Waals surface area contributed by atoms with Gasteiger partial charge in [0.2, 0.25) is 0 Å². The Morgan fingerprint density at radius 2 is 2.08 bits per heavy atom. The summed E-state index contributed by atoms with van der Waals surface area (Å²) in [6, 6.07) is 1.33. The molecule has 0 spiro atoms. The van der Waals surface area contributed by atoms with Crippen molar-refractivity contribution in [2.24, 2.45) is 5.73 Å². The molecule has 0 bridgehead atoms. The maximum Gasteiger partial charge on any atom is 0.0238 e. The van der Waals surface area contributed by atoms with Crippen LogP contribution in [0.15, 0.2) is 0 Å². The van der Waals surface area contributed by atoms with Gasteiger partial charge in [0.15, 0.2) is 0 Å². The minimum Gasteiger partial charge on any atom is -0.330 e. The largest absolute Gasteiger partial charge is 0.330 e. The van der Waals surface area contributed by atoms with E-state index in [0.717, 1.165) is 13.0 Å². The Morgan fingerprint density at radius 1 is 1.38 bits per heavy atom. The highest BCUT2D eigenvalue weighted by molar-refractivity contribution is 4.82. The number of likely N-dealkylation sites (N-methyl/N-ethyl adjacent to an activating group) is 1. The van der Waals surface area contributed by atoms with E-state index in [1.165, 1.54) is 19.6 Å². The Kier molecular flexibility index (Phi) is 4.16. The highest BCUT2D eigenvalue weighted by Gasteiger charge is 2.25. The van der Waals surface area contributed by atoms with Crippen molar-refractivity contribution in [3.05, 3.63) is 0 Å². The lowest BCUT2D eigenvalue weighted by Gasteiger charge is -2.42. The van der Waals surface area contributed by atoms with E-state index in [1.807, 2.05) is 0 Å². The van der Waals surface area contributed by atoms with Crippen molar-refractivity contribution in [2.75, 3.05) is 33.2 Å². The molecule has 0 aromatic rings. The Morgan fingerprint density at radius 3 is 2.62 bits per heavy atom. The third-order valence-corrected chi connectivity index (χ3v) is 2.89. The highest BCUT2D eigenvalue weighted by Crippen LogP contribution is 2.14. The minimum absolute atomic E-state index is 0.658. The molecule has 1 unspecified atom stereocenters. The Balaban J connectivity index is 2.50. The van der Waals surface area contributed by atoms with Crippen LogP contribution in [0.2, 0.25) is 0 Å². The van der Waals surface area contributed by atoms with Crippen LogP contribution in [0.3, 0.4) is 0 Å². The van der Waals surface area contributed by atoms with Crippen LogP contribution in [0.4, 0.5) is 0 Å². The smallest absolute Gasteiger partial charge is 0.0238 e. The topological polar surface area (TPSA) is 32.5 Å². The summed E-state index contributed by atoms with van der Waals surface area (Å²) in [5.74, 6) is 0. The van der Waals surface area contributed by atoms with Crippen molar-refractivity contribution < 1.29 is 0 Å². The molecule has 3 nitrogen and oxygen atoms in total. The second-order valence-electron chi connectivity index (χ2n) is 4.32. The van der Waals surface area contributed by atoms with E-state index in [0.29, 0.717) is 12.1 Å². The van der Waals surface area contributed by atoms with Crippen molar-refractivity contribution in [3.8, 4) is 0 Å². The highest BCUT2D eigenvalue weighted by atomic mass is 15.3. The summed E-state index contributed by atoms with van der Waals surface area (Å²) >= 11 is 0. The van der Waals surface area contributed by atoms with Gasteiger partial charge in [0.1, 0.15) is 0 Å². The molecule has 1 rings (SSSR count). The van der Waals surface area contributed by atoms with Crippen molar-refractivity contribution >= 4 is 0 Å². The Labute approximate surface area is 81.9 Å². The van der Waals surface area contributed by atoms with Crippen LogP contribution >= 0.6 is 0 Å². The van der Waals surface area contributed by atoms with E-state index in [4.69, 9.17) is 5.73 Å². The summed E-state index contributed by atoms with van der Waals surface area (Å²) in [5, 5.41) is 0. The van der Waals surface area contributed by atoms with Gasteiger partial charge in [0.05, 0.1) is 0 Å². The molecule has 0 amide bonds. The maximum atomic E-state index is 5.62. The molecule has 0 aromatic carbocycles. The predicted molar refractivity (Wildman–Crippen MR) is 56.8 cm³/mol. The quantitative estimate of drug-likeness (QED) is 0.689. The molecular weight excluding hydrogens is 162 g/mol. The molecule has 0 saturated carbocycles. The lowest BCUT2D eigenvalue weighted by molar-refractivity contribution is 0.0609. The SMILES string of the molecule is CC(C)N1CCN(C)CC1CCN. The molecule has 78 valence electrons. The lowest BCUT2D eigenvalue weighted by atomic mass is 10.1. The first-order valence-electron chi connectivity index (χ1n) is 5.29. The maximum absolute atomic E-state index is 5.62. The summed E-state index contributed by atoms with van der Waals surface area (Å²) in [7, 11) is 2.20. The molecule has 2 N–H and O–H groups in total. The standard InChI is InChI=1S/C10H23N3/c1-9(2)13-7-6-12(3)8-10(13)4-5-11/h9-10H,4-8,11H2,1-3H3. The molecule has 1 aliphatic heterocycles. The van der Waals surface area contributed by atoms with E-state index in [9.17, 15) is 0 Å². The van der Waals surface area contributed by atoms with E-state index >= 15 is 0 Å². The molecule has 1 atom stereocenters. The van der Waals surface area contributed by atoms with Crippen LogP contribution < -0.4 is 5.73 Å². The van der Waals surface area contributed by atoms with Gasteiger partial charge in [-0.1, -0.05) is 0 Å². The molecule has 1 heterocycles. The van der Waals surface area contributed by atoms with Gasteiger partial charge in [-0.25, -0.2) is 0 Å². The van der Waals surface area contributed by atoms with Crippen LogP contribution in [0.25, 0.3) is 0 Å². The summed E-state index contributed by atoms with van der Waals surface area (Å²) in [6.45, 7) is 8.92. The molecular formula is C10H23N3. The van der Waals surface area contributed by atoms with E-state index in [-0.39, 0.29) is 0 Å². The predicted octanol–water partition coefficient (Wildman–Crippen LogP) is 0.360. The first-order chi connectivity index (χ1) is 6.15. The lowest BCUT2D eigenvalue weighted by Crippen LogP contribution is -2.54. The number of hydrogen-bond acceptors (Lipinski definition) is 3. The van der Waals surface area contributed by atoms with Crippen LogP contribution in [-0.2, 0) is 0 Å². The first kappa shape index (κ1) is 11.0. The zero-order chi connectivity index (χ0) is 9.84. The first-order valence-corrected chi connectivity index (χ1v) is 5.29. The van der Waals surface area contributed by atoms with Crippen LogP contribution in [-0.4, -0.2) is 55.1 Å². The van der Waals surface area contributed by atoms with Crippen LogP contribution in [0.1, 0.15) is 20.3 Å². The fraction of sp³-hybridized carbons (Fsp3) is 1.00. The molecule has 1 saturated heterocycles. The third-order valence-electron chi connectivity index (χ3n) is 2.89. The Hall–Kier alpha value is -0.120. The molecule has 13 heavy (non-hydrogen) atoms. The van der Waals surface area contributed by atoms with Crippen LogP contribution in [0, 0.1) is 0 Å². The van der Waals surface area contributed by atoms with E-state index in [1.54, 1.807) is 0 Å². The number of nitrogens with two attached hydrogens (primary N) is 1. The summed E-state index contributed by atoms with van der Waals surface area (Å²) < 4.78 is 0. The minimum atomic E-state index is 0.658. The number of nitrogens with zero attached hydrogens (tertiary/aromatic N) is 2. The fourth-order valence-corrected chi connectivity index (χ4v) is 2.15.